The van der Waals surface area contributed by atoms with Gasteiger partial charge < -0.3 is 15.4 Å². The van der Waals surface area contributed by atoms with Crippen LogP contribution >= 0.6 is 0 Å². The zero-order chi connectivity index (χ0) is 18.5. The SMILES string of the molecule is CCC1(CC)NC(=O)N(CC(=O)OCC(=O)N[C@H](C)C(C)C)C1=O. The molecule has 136 valence electrons. The third kappa shape index (κ3) is 4.46. The smallest absolute Gasteiger partial charge is 0.326 e. The quantitative estimate of drug-likeness (QED) is 0.502. The molecule has 1 fully saturated rings. The van der Waals surface area contributed by atoms with Gasteiger partial charge in [0.25, 0.3) is 11.8 Å². The van der Waals surface area contributed by atoms with Crippen molar-refractivity contribution >= 4 is 23.8 Å². The highest BCUT2D eigenvalue weighted by molar-refractivity contribution is 6.08. The van der Waals surface area contributed by atoms with Crippen LogP contribution in [0.4, 0.5) is 4.79 Å². The summed E-state index contributed by atoms with van der Waals surface area (Å²) in [5.41, 5.74) is -0.957. The predicted molar refractivity (Wildman–Crippen MR) is 87.0 cm³/mol. The Morgan fingerprint density at radius 1 is 1.21 bits per heavy atom. The molecular weight excluding hydrogens is 314 g/mol. The van der Waals surface area contributed by atoms with Gasteiger partial charge >= 0.3 is 12.0 Å². The molecule has 8 nitrogen and oxygen atoms in total. The van der Waals surface area contributed by atoms with Gasteiger partial charge in [-0.3, -0.25) is 19.3 Å². The van der Waals surface area contributed by atoms with Gasteiger partial charge in [-0.05, 0) is 25.7 Å². The summed E-state index contributed by atoms with van der Waals surface area (Å²) < 4.78 is 4.85. The van der Waals surface area contributed by atoms with Gasteiger partial charge in [-0.15, -0.1) is 0 Å². The van der Waals surface area contributed by atoms with Crippen molar-refractivity contribution in [3.8, 4) is 0 Å². The molecule has 0 unspecified atom stereocenters. The number of nitrogens with zero attached hydrogens (tertiary/aromatic N) is 1. The number of carbonyl (C=O) groups is 4. The lowest BCUT2D eigenvalue weighted by atomic mass is 9.93. The zero-order valence-electron chi connectivity index (χ0n) is 15.0. The van der Waals surface area contributed by atoms with Gasteiger partial charge in [0.15, 0.2) is 6.61 Å². The molecular formula is C16H27N3O5. The van der Waals surface area contributed by atoms with Crippen molar-refractivity contribution in [2.45, 2.75) is 59.0 Å². The van der Waals surface area contributed by atoms with E-state index >= 15 is 0 Å². The fourth-order valence-electron chi connectivity index (χ4n) is 2.33. The fourth-order valence-corrected chi connectivity index (χ4v) is 2.33. The number of hydrogen-bond acceptors (Lipinski definition) is 5. The minimum absolute atomic E-state index is 0.0446. The first-order valence-electron chi connectivity index (χ1n) is 8.26. The number of rotatable bonds is 8. The van der Waals surface area contributed by atoms with E-state index in [1.807, 2.05) is 20.8 Å². The maximum Gasteiger partial charge on any atom is 0.326 e. The minimum Gasteiger partial charge on any atom is -0.454 e. The van der Waals surface area contributed by atoms with E-state index in [9.17, 15) is 19.2 Å². The number of ether oxygens (including phenoxy) is 1. The maximum absolute atomic E-state index is 12.3. The van der Waals surface area contributed by atoms with Crippen LogP contribution in [0.5, 0.6) is 0 Å². The van der Waals surface area contributed by atoms with Gasteiger partial charge in [0, 0.05) is 6.04 Å². The van der Waals surface area contributed by atoms with Gasteiger partial charge in [-0.25, -0.2) is 4.79 Å². The number of carbonyl (C=O) groups excluding carboxylic acids is 4. The third-order valence-corrected chi connectivity index (χ3v) is 4.49. The topological polar surface area (TPSA) is 105 Å². The monoisotopic (exact) mass is 341 g/mol. The molecule has 1 aliphatic heterocycles. The Hall–Kier alpha value is -2.12. The molecule has 0 spiro atoms. The summed E-state index contributed by atoms with van der Waals surface area (Å²) in [4.78, 5) is 48.6. The average molecular weight is 341 g/mol. The van der Waals surface area contributed by atoms with Crippen molar-refractivity contribution in [3.05, 3.63) is 0 Å². The summed E-state index contributed by atoms with van der Waals surface area (Å²) >= 11 is 0. The van der Waals surface area contributed by atoms with Crippen LogP contribution in [0.15, 0.2) is 0 Å². The van der Waals surface area contributed by atoms with Crippen molar-refractivity contribution in [2.75, 3.05) is 13.2 Å². The predicted octanol–water partition coefficient (Wildman–Crippen LogP) is 0.801. The second-order valence-corrected chi connectivity index (χ2v) is 6.37. The highest BCUT2D eigenvalue weighted by Gasteiger charge is 2.49. The van der Waals surface area contributed by atoms with Crippen LogP contribution in [0.3, 0.4) is 0 Å². The highest BCUT2D eigenvalue weighted by Crippen LogP contribution is 2.24. The summed E-state index contributed by atoms with van der Waals surface area (Å²) in [6.07, 6.45) is 0.879. The van der Waals surface area contributed by atoms with Crippen LogP contribution in [0.1, 0.15) is 47.5 Å². The lowest BCUT2D eigenvalue weighted by Crippen LogP contribution is -2.46. The molecule has 8 heteroatoms. The Balaban J connectivity index is 2.52. The average Bonchev–Trinajstić information content (AvgIpc) is 2.77. The minimum atomic E-state index is -0.957. The standard InChI is InChI=1S/C16H27N3O5/c1-6-16(7-2)14(22)19(15(23)18-16)8-13(21)24-9-12(20)17-11(5)10(3)4/h10-11H,6-9H2,1-5H3,(H,17,20)(H,18,23)/t11-/m1/s1. The number of hydrogen-bond donors (Lipinski definition) is 2. The Labute approximate surface area is 142 Å². The van der Waals surface area contributed by atoms with Crippen molar-refractivity contribution in [3.63, 3.8) is 0 Å². The second kappa shape index (κ2) is 8.12. The molecule has 24 heavy (non-hydrogen) atoms. The summed E-state index contributed by atoms with van der Waals surface area (Å²) in [5.74, 6) is -1.40. The van der Waals surface area contributed by atoms with E-state index in [2.05, 4.69) is 10.6 Å². The molecule has 1 aliphatic rings. The number of esters is 1. The fraction of sp³-hybridized carbons (Fsp3) is 0.750. The second-order valence-electron chi connectivity index (χ2n) is 6.37. The molecule has 1 saturated heterocycles. The van der Waals surface area contributed by atoms with E-state index in [-0.39, 0.29) is 12.0 Å². The molecule has 2 N–H and O–H groups in total. The summed E-state index contributed by atoms with van der Waals surface area (Å²) in [5, 5.41) is 5.33. The number of urea groups is 1. The van der Waals surface area contributed by atoms with Crippen molar-refractivity contribution < 1.29 is 23.9 Å². The van der Waals surface area contributed by atoms with E-state index in [0.717, 1.165) is 4.90 Å². The molecule has 4 amide bonds. The van der Waals surface area contributed by atoms with E-state index in [1.165, 1.54) is 0 Å². The Morgan fingerprint density at radius 3 is 2.25 bits per heavy atom. The van der Waals surface area contributed by atoms with E-state index < -0.39 is 42.5 Å². The first-order chi connectivity index (χ1) is 11.2. The van der Waals surface area contributed by atoms with Crippen LogP contribution in [-0.4, -0.2) is 53.4 Å². The Bertz CT molecular complexity index is 514. The van der Waals surface area contributed by atoms with E-state index in [1.54, 1.807) is 13.8 Å². The summed E-state index contributed by atoms with van der Waals surface area (Å²) in [7, 11) is 0. The molecule has 1 heterocycles. The molecule has 0 aromatic rings. The van der Waals surface area contributed by atoms with Crippen molar-refractivity contribution in [1.29, 1.82) is 0 Å². The number of amides is 4. The molecule has 0 aliphatic carbocycles. The Kier molecular flexibility index (Phi) is 6.74. The third-order valence-electron chi connectivity index (χ3n) is 4.49. The molecule has 1 atom stereocenters. The normalized spacial score (nSPS) is 17.7. The van der Waals surface area contributed by atoms with Crippen LogP contribution < -0.4 is 10.6 Å². The van der Waals surface area contributed by atoms with Crippen molar-refractivity contribution in [1.82, 2.24) is 15.5 Å². The molecule has 1 rings (SSSR count). The van der Waals surface area contributed by atoms with Gasteiger partial charge in [-0.2, -0.15) is 0 Å². The number of imide groups is 1. The molecule has 0 radical (unpaired) electrons. The lowest BCUT2D eigenvalue weighted by molar-refractivity contribution is -0.151. The van der Waals surface area contributed by atoms with Crippen LogP contribution in [0.2, 0.25) is 0 Å². The molecule has 0 aromatic heterocycles. The molecule has 0 bridgehead atoms. The largest absolute Gasteiger partial charge is 0.454 e. The highest BCUT2D eigenvalue weighted by atomic mass is 16.5. The summed E-state index contributed by atoms with van der Waals surface area (Å²) in [6.45, 7) is 8.43. The van der Waals surface area contributed by atoms with E-state index in [4.69, 9.17) is 4.74 Å². The van der Waals surface area contributed by atoms with E-state index in [0.29, 0.717) is 12.8 Å². The van der Waals surface area contributed by atoms with Crippen LogP contribution in [0.25, 0.3) is 0 Å². The Morgan fingerprint density at radius 2 is 1.79 bits per heavy atom. The van der Waals surface area contributed by atoms with Crippen molar-refractivity contribution in [2.24, 2.45) is 5.92 Å². The van der Waals surface area contributed by atoms with Gasteiger partial charge in [0.05, 0.1) is 0 Å². The van der Waals surface area contributed by atoms with Crippen LogP contribution in [-0.2, 0) is 19.1 Å². The molecule has 0 aromatic carbocycles. The van der Waals surface area contributed by atoms with Gasteiger partial charge in [0.2, 0.25) is 0 Å². The molecule has 0 saturated carbocycles. The first kappa shape index (κ1) is 19.9. The summed E-state index contributed by atoms with van der Waals surface area (Å²) in [6, 6.07) is -0.657. The zero-order valence-corrected chi connectivity index (χ0v) is 15.0. The maximum atomic E-state index is 12.3. The number of nitrogens with one attached hydrogen (secondary N) is 2. The van der Waals surface area contributed by atoms with Gasteiger partial charge in [-0.1, -0.05) is 27.7 Å². The van der Waals surface area contributed by atoms with Gasteiger partial charge in [0.1, 0.15) is 12.1 Å². The lowest BCUT2D eigenvalue weighted by Gasteiger charge is -2.22. The first-order valence-corrected chi connectivity index (χ1v) is 8.26. The van der Waals surface area contributed by atoms with Crippen LogP contribution in [0, 0.1) is 5.92 Å².